The van der Waals surface area contributed by atoms with Gasteiger partial charge < -0.3 is 40.1 Å². The zero-order chi connectivity index (χ0) is 19.2. The number of aliphatic hydroxyl groups excluding tert-OH is 6. The van der Waals surface area contributed by atoms with Crippen molar-refractivity contribution in [2.45, 2.75) is 49.0 Å². The van der Waals surface area contributed by atoms with Crippen LogP contribution >= 0.6 is 0 Å². The van der Waals surface area contributed by atoms with Crippen LogP contribution in [0.25, 0.3) is 0 Å². The Morgan fingerprint density at radius 1 is 0.923 bits per heavy atom. The Balaban J connectivity index is 1.99. The van der Waals surface area contributed by atoms with Gasteiger partial charge in [-0.15, -0.1) is 0 Å². The number of aromatic amines is 1. The zero-order valence-electron chi connectivity index (χ0n) is 13.4. The van der Waals surface area contributed by atoms with Crippen LogP contribution in [0.4, 0.5) is 0 Å². The number of nitrogens with zero attached hydrogens (tertiary/aromatic N) is 1. The first-order valence-electron chi connectivity index (χ1n) is 7.90. The van der Waals surface area contributed by atoms with E-state index in [4.69, 9.17) is 19.7 Å². The Kier molecular flexibility index (Phi) is 5.28. The summed E-state index contributed by atoms with van der Waals surface area (Å²) in [6.45, 7) is -1.20. The quantitative estimate of drug-likeness (QED) is 0.268. The largest absolute Gasteiger partial charge is 0.394 e. The van der Waals surface area contributed by atoms with Crippen molar-refractivity contribution in [3.05, 3.63) is 32.6 Å². The maximum Gasteiger partial charge on any atom is 0.330 e. The molecule has 0 saturated carbocycles. The van der Waals surface area contributed by atoms with Crippen molar-refractivity contribution in [2.75, 3.05) is 13.2 Å². The maximum atomic E-state index is 12.1. The number of aromatic nitrogens is 2. The lowest BCUT2D eigenvalue weighted by Gasteiger charge is -2.20. The minimum Gasteiger partial charge on any atom is -0.394 e. The van der Waals surface area contributed by atoms with Crippen molar-refractivity contribution in [3.63, 3.8) is 0 Å². The number of rotatable bonds is 4. The van der Waals surface area contributed by atoms with E-state index >= 15 is 0 Å². The molecule has 26 heavy (non-hydrogen) atoms. The molecule has 12 nitrogen and oxygen atoms in total. The Hall–Kier alpha value is -1.64. The van der Waals surface area contributed by atoms with E-state index in [0.717, 1.165) is 10.8 Å². The second-order valence-corrected chi connectivity index (χ2v) is 6.24. The molecule has 2 fully saturated rings. The summed E-state index contributed by atoms with van der Waals surface area (Å²) in [6.07, 6.45) is -10.0. The number of hydrogen-bond acceptors (Lipinski definition) is 10. The molecule has 0 aromatic carbocycles. The standard InChI is InChI=1S/C14H20N2O10/c17-2-5-7(19)9(21)11(25-5)4-1-16(14(24)15-12(4)23)13-10(22)8(20)6(3-18)26-13/h1,5-11,13,17-22H,2-3H2,(H,15,23,24). The van der Waals surface area contributed by atoms with Crippen molar-refractivity contribution in [3.8, 4) is 0 Å². The third kappa shape index (κ3) is 3.00. The lowest BCUT2D eigenvalue weighted by molar-refractivity contribution is -0.0561. The van der Waals surface area contributed by atoms with Gasteiger partial charge in [-0.1, -0.05) is 0 Å². The molecule has 0 spiro atoms. The number of nitrogens with one attached hydrogen (secondary N) is 1. The van der Waals surface area contributed by atoms with E-state index in [1.54, 1.807) is 0 Å². The van der Waals surface area contributed by atoms with Crippen LogP contribution < -0.4 is 11.2 Å². The van der Waals surface area contributed by atoms with E-state index in [9.17, 15) is 30.0 Å². The summed E-state index contributed by atoms with van der Waals surface area (Å²) in [6, 6.07) is 0. The first-order chi connectivity index (χ1) is 12.3. The SMILES string of the molecule is O=c1[nH]c(=O)n(C2OC(CO)C(O)C2O)cc1C1OC(CO)C(O)C1O. The lowest BCUT2D eigenvalue weighted by Crippen LogP contribution is -2.40. The molecule has 2 aliphatic heterocycles. The predicted octanol–water partition coefficient (Wildman–Crippen LogP) is -4.70. The molecule has 1 aromatic rings. The summed E-state index contributed by atoms with van der Waals surface area (Å²) in [5.74, 6) is 0. The van der Waals surface area contributed by atoms with E-state index < -0.39 is 73.4 Å². The highest BCUT2D eigenvalue weighted by Crippen LogP contribution is 2.33. The van der Waals surface area contributed by atoms with Crippen LogP contribution in [0.2, 0.25) is 0 Å². The van der Waals surface area contributed by atoms with Gasteiger partial charge in [-0.2, -0.15) is 0 Å². The van der Waals surface area contributed by atoms with Gasteiger partial charge in [0.15, 0.2) is 6.23 Å². The summed E-state index contributed by atoms with van der Waals surface area (Å²) >= 11 is 0. The summed E-state index contributed by atoms with van der Waals surface area (Å²) < 4.78 is 11.3. The topological polar surface area (TPSA) is 195 Å². The summed E-state index contributed by atoms with van der Waals surface area (Å²) in [7, 11) is 0. The van der Waals surface area contributed by atoms with Crippen molar-refractivity contribution < 1.29 is 40.1 Å². The smallest absolute Gasteiger partial charge is 0.330 e. The molecule has 12 heteroatoms. The Labute approximate surface area is 145 Å². The molecule has 0 radical (unpaired) electrons. The molecule has 146 valence electrons. The van der Waals surface area contributed by atoms with E-state index in [1.165, 1.54) is 0 Å². The number of H-pyrrole nitrogens is 1. The van der Waals surface area contributed by atoms with Gasteiger partial charge in [0.05, 0.1) is 18.8 Å². The first-order valence-corrected chi connectivity index (χ1v) is 7.90. The fourth-order valence-electron chi connectivity index (χ4n) is 3.16. The molecule has 0 amide bonds. The number of aliphatic hydroxyl groups is 6. The number of hydrogen-bond donors (Lipinski definition) is 7. The lowest BCUT2D eigenvalue weighted by atomic mass is 10.0. The van der Waals surface area contributed by atoms with Gasteiger partial charge in [-0.25, -0.2) is 4.79 Å². The highest BCUT2D eigenvalue weighted by molar-refractivity contribution is 5.15. The third-order valence-corrected chi connectivity index (χ3v) is 4.64. The van der Waals surface area contributed by atoms with Crippen LogP contribution in [0.5, 0.6) is 0 Å². The molecule has 3 rings (SSSR count). The fourth-order valence-corrected chi connectivity index (χ4v) is 3.16. The van der Waals surface area contributed by atoms with Crippen LogP contribution in [0.15, 0.2) is 15.8 Å². The monoisotopic (exact) mass is 376 g/mol. The Bertz CT molecular complexity index is 704. The highest BCUT2D eigenvalue weighted by atomic mass is 16.6. The molecular formula is C14H20N2O10. The molecule has 0 bridgehead atoms. The van der Waals surface area contributed by atoms with Crippen LogP contribution in [0.3, 0.4) is 0 Å². The highest BCUT2D eigenvalue weighted by Gasteiger charge is 2.46. The average Bonchev–Trinajstić information content (AvgIpc) is 3.06. The first kappa shape index (κ1) is 19.1. The summed E-state index contributed by atoms with van der Waals surface area (Å²) in [5.41, 5.74) is -2.10. The van der Waals surface area contributed by atoms with E-state index in [2.05, 4.69) is 0 Å². The van der Waals surface area contributed by atoms with Gasteiger partial charge in [0.1, 0.15) is 42.7 Å². The summed E-state index contributed by atoms with van der Waals surface area (Å²) in [4.78, 5) is 26.2. The van der Waals surface area contributed by atoms with Crippen LogP contribution in [-0.4, -0.2) is 90.0 Å². The zero-order valence-corrected chi connectivity index (χ0v) is 13.4. The summed E-state index contributed by atoms with van der Waals surface area (Å²) in [5, 5.41) is 58.0. The molecule has 8 unspecified atom stereocenters. The van der Waals surface area contributed by atoms with Gasteiger partial charge in [-0.3, -0.25) is 14.3 Å². The fraction of sp³-hybridized carbons (Fsp3) is 0.714. The maximum absolute atomic E-state index is 12.1. The second kappa shape index (κ2) is 7.17. The van der Waals surface area contributed by atoms with Gasteiger partial charge in [0.25, 0.3) is 5.56 Å². The van der Waals surface area contributed by atoms with Crippen LogP contribution in [-0.2, 0) is 9.47 Å². The van der Waals surface area contributed by atoms with E-state index in [0.29, 0.717) is 0 Å². The van der Waals surface area contributed by atoms with Crippen molar-refractivity contribution in [2.24, 2.45) is 0 Å². The molecule has 2 aliphatic rings. The predicted molar refractivity (Wildman–Crippen MR) is 81.0 cm³/mol. The minimum absolute atomic E-state index is 0.246. The Morgan fingerprint density at radius 2 is 1.50 bits per heavy atom. The van der Waals surface area contributed by atoms with E-state index in [-0.39, 0.29) is 5.56 Å². The molecule has 7 N–H and O–H groups in total. The van der Waals surface area contributed by atoms with Gasteiger partial charge in [0.2, 0.25) is 0 Å². The second-order valence-electron chi connectivity index (χ2n) is 6.24. The van der Waals surface area contributed by atoms with Crippen molar-refractivity contribution in [1.29, 1.82) is 0 Å². The molecule has 2 saturated heterocycles. The normalized spacial score (nSPS) is 40.2. The van der Waals surface area contributed by atoms with Crippen LogP contribution in [0, 0.1) is 0 Å². The number of ether oxygens (including phenoxy) is 2. The molecule has 8 atom stereocenters. The van der Waals surface area contributed by atoms with E-state index in [1.807, 2.05) is 4.98 Å². The van der Waals surface area contributed by atoms with Crippen molar-refractivity contribution in [1.82, 2.24) is 9.55 Å². The van der Waals surface area contributed by atoms with Gasteiger partial charge in [-0.05, 0) is 0 Å². The minimum atomic E-state index is -1.56. The van der Waals surface area contributed by atoms with Gasteiger partial charge in [0, 0.05) is 6.20 Å². The molecule has 0 aliphatic carbocycles. The third-order valence-electron chi connectivity index (χ3n) is 4.64. The van der Waals surface area contributed by atoms with Crippen molar-refractivity contribution >= 4 is 0 Å². The molecule has 1 aromatic heterocycles. The average molecular weight is 376 g/mol. The molecular weight excluding hydrogens is 356 g/mol. The Morgan fingerprint density at radius 3 is 2.04 bits per heavy atom. The van der Waals surface area contributed by atoms with Crippen LogP contribution in [0.1, 0.15) is 17.9 Å². The molecule has 3 heterocycles. The van der Waals surface area contributed by atoms with Gasteiger partial charge >= 0.3 is 5.69 Å².